The van der Waals surface area contributed by atoms with E-state index in [4.69, 9.17) is 11.6 Å². The van der Waals surface area contributed by atoms with Gasteiger partial charge in [0.05, 0.1) is 12.5 Å². The molecule has 1 heterocycles. The summed E-state index contributed by atoms with van der Waals surface area (Å²) in [7, 11) is -6.85. The van der Waals surface area contributed by atoms with Crippen molar-refractivity contribution in [3.8, 4) is 0 Å². The number of hydrogen-bond acceptors (Lipinski definition) is 6. The lowest BCUT2D eigenvalue weighted by molar-refractivity contribution is 0.576. The number of hydrogen-bond donors (Lipinski definition) is 2. The Balaban J connectivity index is 2.40. The van der Waals surface area contributed by atoms with Crippen molar-refractivity contribution in [1.29, 1.82) is 0 Å². The maximum Gasteiger partial charge on any atom is 0.251 e. The SMILES string of the molecule is CS(=O)(=O)NCCCNS(=O)(=O)c1cnc(Cl)s1. The zero-order valence-electron chi connectivity index (χ0n) is 9.38. The van der Waals surface area contributed by atoms with Gasteiger partial charge in [-0.3, -0.25) is 0 Å². The van der Waals surface area contributed by atoms with Crippen LogP contribution in [0.5, 0.6) is 0 Å². The molecule has 1 aromatic heterocycles. The van der Waals surface area contributed by atoms with E-state index in [0.29, 0.717) is 6.42 Å². The van der Waals surface area contributed by atoms with Crippen molar-refractivity contribution >= 4 is 43.0 Å². The number of nitrogens with zero attached hydrogens (tertiary/aromatic N) is 1. The Labute approximate surface area is 115 Å². The molecule has 0 amide bonds. The third-order valence-electron chi connectivity index (χ3n) is 1.73. The van der Waals surface area contributed by atoms with Gasteiger partial charge < -0.3 is 0 Å². The second kappa shape index (κ2) is 6.26. The van der Waals surface area contributed by atoms with Crippen LogP contribution in [-0.2, 0) is 20.0 Å². The summed E-state index contributed by atoms with van der Waals surface area (Å²) >= 11 is 6.39. The Kier molecular flexibility index (Phi) is 5.49. The number of rotatable bonds is 7. The molecular weight excluding hydrogens is 322 g/mol. The smallest absolute Gasteiger partial charge is 0.232 e. The van der Waals surface area contributed by atoms with E-state index in [9.17, 15) is 16.8 Å². The molecule has 1 rings (SSSR count). The van der Waals surface area contributed by atoms with E-state index in [2.05, 4.69) is 14.4 Å². The quantitative estimate of drug-likeness (QED) is 0.684. The third kappa shape index (κ3) is 5.59. The number of halogens is 1. The zero-order chi connectivity index (χ0) is 13.8. The molecule has 18 heavy (non-hydrogen) atoms. The van der Waals surface area contributed by atoms with E-state index in [1.165, 1.54) is 6.20 Å². The first kappa shape index (κ1) is 15.8. The van der Waals surface area contributed by atoms with E-state index in [1.54, 1.807) is 0 Å². The van der Waals surface area contributed by atoms with Crippen LogP contribution in [0, 0.1) is 0 Å². The molecule has 0 radical (unpaired) electrons. The van der Waals surface area contributed by atoms with Gasteiger partial charge in [-0.25, -0.2) is 31.3 Å². The van der Waals surface area contributed by atoms with Crippen LogP contribution in [0.3, 0.4) is 0 Å². The molecule has 0 aliphatic carbocycles. The summed E-state index contributed by atoms with van der Waals surface area (Å²) in [6.07, 6.45) is 2.55. The van der Waals surface area contributed by atoms with E-state index >= 15 is 0 Å². The van der Waals surface area contributed by atoms with Crippen molar-refractivity contribution in [1.82, 2.24) is 14.4 Å². The molecule has 0 bridgehead atoms. The first-order valence-electron chi connectivity index (χ1n) is 4.76. The molecule has 0 atom stereocenters. The Morgan fingerprint density at radius 2 is 1.89 bits per heavy atom. The van der Waals surface area contributed by atoms with Gasteiger partial charge in [-0.15, -0.1) is 0 Å². The Morgan fingerprint density at radius 3 is 2.39 bits per heavy atom. The second-order valence-electron chi connectivity index (χ2n) is 3.35. The maximum absolute atomic E-state index is 11.7. The minimum absolute atomic E-state index is 0.0311. The summed E-state index contributed by atoms with van der Waals surface area (Å²) in [5.74, 6) is 0. The second-order valence-corrected chi connectivity index (χ2v) is 8.79. The molecule has 0 aliphatic rings. The molecule has 1 aromatic rings. The fourth-order valence-electron chi connectivity index (χ4n) is 0.987. The first-order valence-corrected chi connectivity index (χ1v) is 9.33. The van der Waals surface area contributed by atoms with Crippen LogP contribution in [0.2, 0.25) is 4.47 Å². The highest BCUT2D eigenvalue weighted by Gasteiger charge is 2.16. The Hall–Kier alpha value is -0.260. The molecule has 7 nitrogen and oxygen atoms in total. The average Bonchev–Trinajstić information content (AvgIpc) is 2.63. The van der Waals surface area contributed by atoms with Gasteiger partial charge in [0.1, 0.15) is 0 Å². The zero-order valence-corrected chi connectivity index (χ0v) is 12.6. The lowest BCUT2D eigenvalue weighted by atomic mass is 10.4. The predicted molar refractivity (Wildman–Crippen MR) is 69.8 cm³/mol. The highest BCUT2D eigenvalue weighted by atomic mass is 35.5. The van der Waals surface area contributed by atoms with Gasteiger partial charge in [0, 0.05) is 13.1 Å². The first-order chi connectivity index (χ1) is 8.21. The largest absolute Gasteiger partial charge is 0.251 e. The monoisotopic (exact) mass is 333 g/mol. The highest BCUT2D eigenvalue weighted by Crippen LogP contribution is 2.21. The van der Waals surface area contributed by atoms with Gasteiger partial charge in [-0.2, -0.15) is 0 Å². The van der Waals surface area contributed by atoms with E-state index in [-0.39, 0.29) is 21.8 Å². The van der Waals surface area contributed by atoms with Crippen molar-refractivity contribution in [2.45, 2.75) is 10.6 Å². The lowest BCUT2D eigenvalue weighted by Gasteiger charge is -2.04. The maximum atomic E-state index is 11.7. The normalized spacial score (nSPS) is 12.8. The van der Waals surface area contributed by atoms with Crippen molar-refractivity contribution in [3.63, 3.8) is 0 Å². The molecule has 0 saturated heterocycles. The van der Waals surface area contributed by atoms with E-state index in [0.717, 1.165) is 17.6 Å². The Bertz CT molecular complexity index is 595. The number of sulfonamides is 2. The van der Waals surface area contributed by atoms with Crippen LogP contribution in [0.4, 0.5) is 0 Å². The van der Waals surface area contributed by atoms with Gasteiger partial charge in [0.15, 0.2) is 8.68 Å². The van der Waals surface area contributed by atoms with Crippen LogP contribution in [0.1, 0.15) is 6.42 Å². The lowest BCUT2D eigenvalue weighted by Crippen LogP contribution is -2.29. The number of aromatic nitrogens is 1. The summed E-state index contributed by atoms with van der Waals surface area (Å²) in [4.78, 5) is 3.63. The predicted octanol–water partition coefficient (Wildman–Crippen LogP) is 0.0141. The Morgan fingerprint density at radius 1 is 1.28 bits per heavy atom. The highest BCUT2D eigenvalue weighted by molar-refractivity contribution is 7.91. The van der Waals surface area contributed by atoms with E-state index < -0.39 is 20.0 Å². The van der Waals surface area contributed by atoms with Crippen molar-refractivity contribution in [2.75, 3.05) is 19.3 Å². The fraction of sp³-hybridized carbons (Fsp3) is 0.571. The molecule has 0 aliphatic heterocycles. The minimum Gasteiger partial charge on any atom is -0.232 e. The van der Waals surface area contributed by atoms with Crippen molar-refractivity contribution < 1.29 is 16.8 Å². The number of nitrogens with one attached hydrogen (secondary N) is 2. The molecule has 0 saturated carbocycles. The van der Waals surface area contributed by atoms with Gasteiger partial charge in [-0.05, 0) is 6.42 Å². The molecule has 2 N–H and O–H groups in total. The van der Waals surface area contributed by atoms with Gasteiger partial charge >= 0.3 is 0 Å². The topological polar surface area (TPSA) is 105 Å². The summed E-state index contributed by atoms with van der Waals surface area (Å²) in [5.41, 5.74) is 0. The molecule has 0 spiro atoms. The summed E-state index contributed by atoms with van der Waals surface area (Å²) in [6, 6.07) is 0. The number of thiazole rings is 1. The molecule has 104 valence electrons. The summed E-state index contributed by atoms with van der Waals surface area (Å²) < 4.78 is 49.6. The van der Waals surface area contributed by atoms with Crippen LogP contribution in [-0.4, -0.2) is 41.2 Å². The molecule has 11 heteroatoms. The van der Waals surface area contributed by atoms with E-state index in [1.807, 2.05) is 0 Å². The molecule has 0 fully saturated rings. The fourth-order valence-corrected chi connectivity index (χ4v) is 3.91. The van der Waals surface area contributed by atoms with Gasteiger partial charge in [-0.1, -0.05) is 22.9 Å². The average molecular weight is 334 g/mol. The van der Waals surface area contributed by atoms with Crippen LogP contribution < -0.4 is 9.44 Å². The summed E-state index contributed by atoms with van der Waals surface area (Å²) in [5, 5.41) is 0. The molecule has 0 aromatic carbocycles. The van der Waals surface area contributed by atoms with Crippen molar-refractivity contribution in [2.24, 2.45) is 0 Å². The van der Waals surface area contributed by atoms with Crippen LogP contribution in [0.25, 0.3) is 0 Å². The van der Waals surface area contributed by atoms with Crippen molar-refractivity contribution in [3.05, 3.63) is 10.7 Å². The molecular formula is C7H12ClN3O4S3. The van der Waals surface area contributed by atoms with Crippen LogP contribution >= 0.6 is 22.9 Å². The van der Waals surface area contributed by atoms with Crippen LogP contribution in [0.15, 0.2) is 10.4 Å². The third-order valence-corrected chi connectivity index (χ3v) is 5.50. The minimum atomic E-state index is -3.61. The van der Waals surface area contributed by atoms with Gasteiger partial charge in [0.2, 0.25) is 10.0 Å². The standard InChI is InChI=1S/C7H12ClN3O4S3/c1-17(12,13)10-3-2-4-11-18(14,15)6-5-9-7(8)16-6/h5,10-11H,2-4H2,1H3. The molecule has 0 unspecified atom stereocenters. The van der Waals surface area contributed by atoms with Gasteiger partial charge in [0.25, 0.3) is 10.0 Å². The summed E-state index contributed by atoms with van der Waals surface area (Å²) in [6.45, 7) is 0.297.